The Balaban J connectivity index is 1.65. The van der Waals surface area contributed by atoms with Gasteiger partial charge >= 0.3 is 0 Å². The summed E-state index contributed by atoms with van der Waals surface area (Å²) in [6.45, 7) is 10.6. The second-order valence-corrected chi connectivity index (χ2v) is 8.36. The Hall–Kier alpha value is -1.10. The summed E-state index contributed by atoms with van der Waals surface area (Å²) in [5, 5.41) is 0. The van der Waals surface area contributed by atoms with E-state index < -0.39 is 0 Å². The fourth-order valence-electron chi connectivity index (χ4n) is 3.46. The molecule has 3 rings (SSSR count). The fraction of sp³-hybridized carbons (Fsp3) is 0.700. The number of rotatable bonds is 3. The van der Waals surface area contributed by atoms with Gasteiger partial charge in [0.2, 0.25) is 0 Å². The van der Waals surface area contributed by atoms with E-state index in [-0.39, 0.29) is 17.5 Å². The summed E-state index contributed by atoms with van der Waals surface area (Å²) in [7, 11) is 4.36. The molecule has 2 heterocycles. The molecular formula is C20H32N2O2. The van der Waals surface area contributed by atoms with E-state index in [4.69, 9.17) is 9.47 Å². The highest BCUT2D eigenvalue weighted by molar-refractivity contribution is 5.48. The van der Waals surface area contributed by atoms with Crippen molar-refractivity contribution in [2.24, 2.45) is 0 Å². The maximum atomic E-state index is 6.13. The van der Waals surface area contributed by atoms with Crippen LogP contribution in [0.15, 0.2) is 24.3 Å². The Morgan fingerprint density at radius 2 is 1.42 bits per heavy atom. The minimum atomic E-state index is -0.287. The van der Waals surface area contributed by atoms with Crippen LogP contribution >= 0.6 is 0 Å². The Labute approximate surface area is 146 Å². The van der Waals surface area contributed by atoms with Gasteiger partial charge in [-0.05, 0) is 66.8 Å². The van der Waals surface area contributed by atoms with Gasteiger partial charge in [-0.15, -0.1) is 0 Å². The van der Waals surface area contributed by atoms with Crippen molar-refractivity contribution in [1.29, 1.82) is 0 Å². The van der Waals surface area contributed by atoms with Crippen molar-refractivity contribution >= 4 is 5.69 Å². The maximum absolute atomic E-state index is 6.13. The van der Waals surface area contributed by atoms with Crippen LogP contribution in [-0.4, -0.2) is 49.3 Å². The van der Waals surface area contributed by atoms with Gasteiger partial charge in [0.15, 0.2) is 6.29 Å². The predicted octanol–water partition coefficient (Wildman–Crippen LogP) is 3.82. The minimum Gasteiger partial charge on any atom is -0.371 e. The zero-order valence-electron chi connectivity index (χ0n) is 16.0. The van der Waals surface area contributed by atoms with Gasteiger partial charge in [-0.3, -0.25) is 0 Å². The van der Waals surface area contributed by atoms with Crippen LogP contribution < -0.4 is 4.90 Å². The standard InChI is InChI=1S/C20H32N2O2/c1-19(2)20(3,4)24-18(23-19)15-7-9-17(10-8-15)22-13-11-16(12-14-22)21(5)6/h7-10,16,18H,11-14H2,1-6H3. The first kappa shape index (κ1) is 17.7. The van der Waals surface area contributed by atoms with Gasteiger partial charge in [-0.2, -0.15) is 0 Å². The molecule has 2 saturated heterocycles. The lowest BCUT2D eigenvalue weighted by Gasteiger charge is -2.36. The van der Waals surface area contributed by atoms with Gasteiger partial charge < -0.3 is 19.3 Å². The smallest absolute Gasteiger partial charge is 0.185 e. The Kier molecular flexibility index (Phi) is 4.67. The molecular weight excluding hydrogens is 300 g/mol. The molecule has 0 bridgehead atoms. The van der Waals surface area contributed by atoms with Crippen LogP contribution in [0.5, 0.6) is 0 Å². The summed E-state index contributed by atoms with van der Waals surface area (Å²) >= 11 is 0. The fourth-order valence-corrected chi connectivity index (χ4v) is 3.46. The van der Waals surface area contributed by atoms with Crippen LogP contribution in [0.4, 0.5) is 5.69 Å². The monoisotopic (exact) mass is 332 g/mol. The highest BCUT2D eigenvalue weighted by atomic mass is 16.7. The first-order valence-corrected chi connectivity index (χ1v) is 9.06. The zero-order chi connectivity index (χ0) is 17.5. The van der Waals surface area contributed by atoms with Crippen molar-refractivity contribution in [1.82, 2.24) is 4.90 Å². The third kappa shape index (κ3) is 3.32. The van der Waals surface area contributed by atoms with Gasteiger partial charge in [0, 0.05) is 30.4 Å². The topological polar surface area (TPSA) is 24.9 Å². The summed E-state index contributed by atoms with van der Waals surface area (Å²) in [6.07, 6.45) is 2.18. The second-order valence-electron chi connectivity index (χ2n) is 8.36. The molecule has 4 heteroatoms. The molecule has 4 nitrogen and oxygen atoms in total. The van der Waals surface area contributed by atoms with Gasteiger partial charge in [-0.25, -0.2) is 0 Å². The largest absolute Gasteiger partial charge is 0.371 e. The summed E-state index contributed by atoms with van der Waals surface area (Å²) in [5.74, 6) is 0. The van der Waals surface area contributed by atoms with E-state index in [1.807, 2.05) is 0 Å². The average molecular weight is 332 g/mol. The van der Waals surface area contributed by atoms with E-state index in [2.05, 4.69) is 75.9 Å². The predicted molar refractivity (Wildman–Crippen MR) is 98.4 cm³/mol. The highest BCUT2D eigenvalue weighted by Crippen LogP contribution is 2.44. The molecule has 0 radical (unpaired) electrons. The van der Waals surface area contributed by atoms with Gasteiger partial charge in [0.1, 0.15) is 0 Å². The van der Waals surface area contributed by atoms with Crippen LogP contribution in [0, 0.1) is 0 Å². The molecule has 0 amide bonds. The van der Waals surface area contributed by atoms with Crippen molar-refractivity contribution < 1.29 is 9.47 Å². The van der Waals surface area contributed by atoms with E-state index >= 15 is 0 Å². The Morgan fingerprint density at radius 1 is 0.917 bits per heavy atom. The first-order chi connectivity index (χ1) is 11.2. The van der Waals surface area contributed by atoms with Crippen molar-refractivity contribution in [3.05, 3.63) is 29.8 Å². The van der Waals surface area contributed by atoms with E-state index in [0.717, 1.165) is 18.7 Å². The number of benzene rings is 1. The van der Waals surface area contributed by atoms with Gasteiger partial charge in [-0.1, -0.05) is 12.1 Å². The van der Waals surface area contributed by atoms with Gasteiger partial charge in [0.25, 0.3) is 0 Å². The molecule has 134 valence electrons. The quantitative estimate of drug-likeness (QED) is 0.840. The molecule has 1 aromatic rings. The van der Waals surface area contributed by atoms with E-state index in [1.54, 1.807) is 0 Å². The van der Waals surface area contributed by atoms with E-state index in [1.165, 1.54) is 18.5 Å². The van der Waals surface area contributed by atoms with Crippen LogP contribution in [0.1, 0.15) is 52.4 Å². The molecule has 2 fully saturated rings. The third-order valence-corrected chi connectivity index (χ3v) is 5.98. The molecule has 2 aliphatic rings. The number of hydrogen-bond donors (Lipinski definition) is 0. The number of nitrogens with zero attached hydrogens (tertiary/aromatic N) is 2. The number of ether oxygens (including phenoxy) is 2. The molecule has 0 saturated carbocycles. The van der Waals surface area contributed by atoms with Gasteiger partial charge in [0.05, 0.1) is 11.2 Å². The Morgan fingerprint density at radius 3 is 1.88 bits per heavy atom. The van der Waals surface area contributed by atoms with E-state index in [9.17, 15) is 0 Å². The van der Waals surface area contributed by atoms with Crippen molar-refractivity contribution in [2.75, 3.05) is 32.1 Å². The molecule has 0 spiro atoms. The molecule has 0 aliphatic carbocycles. The summed E-state index contributed by atoms with van der Waals surface area (Å²) in [4.78, 5) is 4.83. The first-order valence-electron chi connectivity index (χ1n) is 9.06. The minimum absolute atomic E-state index is 0.275. The number of piperidine rings is 1. The van der Waals surface area contributed by atoms with Crippen molar-refractivity contribution in [2.45, 2.75) is 64.1 Å². The lowest BCUT2D eigenvalue weighted by Crippen LogP contribution is -2.41. The second kappa shape index (κ2) is 6.32. The maximum Gasteiger partial charge on any atom is 0.185 e. The molecule has 0 atom stereocenters. The average Bonchev–Trinajstić information content (AvgIpc) is 2.76. The van der Waals surface area contributed by atoms with Crippen molar-refractivity contribution in [3.63, 3.8) is 0 Å². The van der Waals surface area contributed by atoms with E-state index in [0.29, 0.717) is 6.04 Å². The van der Waals surface area contributed by atoms with Crippen molar-refractivity contribution in [3.8, 4) is 0 Å². The highest BCUT2D eigenvalue weighted by Gasteiger charge is 2.49. The lowest BCUT2D eigenvalue weighted by molar-refractivity contribution is -0.0895. The summed E-state index contributed by atoms with van der Waals surface area (Å²) in [6, 6.07) is 9.42. The van der Waals surface area contributed by atoms with Crippen LogP contribution in [0.3, 0.4) is 0 Å². The molecule has 0 N–H and O–H groups in total. The summed E-state index contributed by atoms with van der Waals surface area (Å²) in [5.41, 5.74) is 1.82. The van der Waals surface area contributed by atoms with Crippen LogP contribution in [-0.2, 0) is 9.47 Å². The Bertz CT molecular complexity index is 542. The molecule has 24 heavy (non-hydrogen) atoms. The number of hydrogen-bond acceptors (Lipinski definition) is 4. The van der Waals surface area contributed by atoms with Crippen LogP contribution in [0.2, 0.25) is 0 Å². The lowest BCUT2D eigenvalue weighted by atomic mass is 9.90. The zero-order valence-corrected chi connectivity index (χ0v) is 16.0. The molecule has 2 aliphatic heterocycles. The third-order valence-electron chi connectivity index (χ3n) is 5.98. The molecule has 1 aromatic carbocycles. The number of anilines is 1. The summed E-state index contributed by atoms with van der Waals surface area (Å²) < 4.78 is 12.3. The normalized spacial score (nSPS) is 24.7. The SMILES string of the molecule is CN(C)C1CCN(c2ccc(C3OC(C)(C)C(C)(C)O3)cc2)CC1. The van der Waals surface area contributed by atoms with Crippen LogP contribution in [0.25, 0.3) is 0 Å². The molecule has 0 unspecified atom stereocenters. The molecule has 0 aromatic heterocycles.